The van der Waals surface area contributed by atoms with Crippen LogP contribution in [0, 0.1) is 0 Å². The highest BCUT2D eigenvalue weighted by atomic mass is 16.2. The number of rotatable bonds is 2. The number of amides is 1. The lowest BCUT2D eigenvalue weighted by Crippen LogP contribution is -2.44. The highest BCUT2D eigenvalue weighted by molar-refractivity contribution is 5.85. The first-order valence-corrected chi connectivity index (χ1v) is 7.21. The molecule has 3 rings (SSSR count). The van der Waals surface area contributed by atoms with Crippen molar-refractivity contribution < 1.29 is 4.79 Å². The lowest BCUT2D eigenvalue weighted by atomic mass is 10.1. The first kappa shape index (κ1) is 12.4. The maximum Gasteiger partial charge on any atom is 0.242 e. The third-order valence-corrected chi connectivity index (χ3v) is 3.97. The smallest absolute Gasteiger partial charge is 0.242 e. The molecule has 2 N–H and O–H groups in total. The Morgan fingerprint density at radius 2 is 2.05 bits per heavy atom. The predicted octanol–water partition coefficient (Wildman–Crippen LogP) is 1.44. The van der Waals surface area contributed by atoms with Crippen molar-refractivity contribution in [2.45, 2.75) is 51.0 Å². The van der Waals surface area contributed by atoms with Crippen LogP contribution in [0.4, 0.5) is 5.82 Å². The van der Waals surface area contributed by atoms with E-state index in [0.29, 0.717) is 0 Å². The summed E-state index contributed by atoms with van der Waals surface area (Å²) in [6.45, 7) is 0.791. The Labute approximate surface area is 113 Å². The van der Waals surface area contributed by atoms with Crippen molar-refractivity contribution in [1.29, 1.82) is 0 Å². The number of nitrogens with zero attached hydrogens (tertiary/aromatic N) is 2. The highest BCUT2D eigenvalue weighted by Gasteiger charge is 2.24. The zero-order valence-electron chi connectivity index (χ0n) is 11.1. The zero-order chi connectivity index (χ0) is 13.1. The van der Waals surface area contributed by atoms with Crippen LogP contribution >= 0.6 is 0 Å². The van der Waals surface area contributed by atoms with Crippen LogP contribution in [-0.4, -0.2) is 28.5 Å². The van der Waals surface area contributed by atoms with E-state index in [1.165, 1.54) is 24.8 Å². The van der Waals surface area contributed by atoms with Gasteiger partial charge in [-0.05, 0) is 38.5 Å². The average Bonchev–Trinajstić information content (AvgIpc) is 2.67. The van der Waals surface area contributed by atoms with Gasteiger partial charge in [-0.3, -0.25) is 4.79 Å². The summed E-state index contributed by atoms with van der Waals surface area (Å²) in [6, 6.07) is -0.143. The molecule has 1 atom stereocenters. The summed E-state index contributed by atoms with van der Waals surface area (Å²) in [5.74, 6) is 0.959. The zero-order valence-corrected chi connectivity index (χ0v) is 11.1. The molecule has 2 aliphatic rings. The van der Waals surface area contributed by atoms with Gasteiger partial charge in [0, 0.05) is 17.8 Å². The van der Waals surface area contributed by atoms with E-state index in [9.17, 15) is 4.79 Å². The van der Waals surface area contributed by atoms with Crippen LogP contribution in [0.1, 0.15) is 43.4 Å². The van der Waals surface area contributed by atoms with Crippen molar-refractivity contribution in [2.75, 3.05) is 11.9 Å². The van der Waals surface area contributed by atoms with Crippen LogP contribution < -0.4 is 10.6 Å². The SMILES string of the molecule is O=C1NCCCC1Nc1ncnc2c1CCCCC2. The van der Waals surface area contributed by atoms with Crippen molar-refractivity contribution in [2.24, 2.45) is 0 Å². The number of piperidine rings is 1. The number of hydrogen-bond donors (Lipinski definition) is 2. The van der Waals surface area contributed by atoms with Crippen molar-refractivity contribution in [1.82, 2.24) is 15.3 Å². The van der Waals surface area contributed by atoms with Gasteiger partial charge in [-0.2, -0.15) is 0 Å². The number of anilines is 1. The third-order valence-electron chi connectivity index (χ3n) is 3.97. The lowest BCUT2D eigenvalue weighted by molar-refractivity contribution is -0.123. The molecule has 5 heteroatoms. The van der Waals surface area contributed by atoms with Gasteiger partial charge >= 0.3 is 0 Å². The van der Waals surface area contributed by atoms with Crippen LogP contribution in [0.15, 0.2) is 6.33 Å². The van der Waals surface area contributed by atoms with Gasteiger partial charge in [-0.15, -0.1) is 0 Å². The fourth-order valence-corrected chi connectivity index (χ4v) is 2.90. The van der Waals surface area contributed by atoms with E-state index in [-0.39, 0.29) is 11.9 Å². The Kier molecular flexibility index (Phi) is 3.62. The summed E-state index contributed by atoms with van der Waals surface area (Å²) in [4.78, 5) is 20.6. The van der Waals surface area contributed by atoms with Crippen LogP contribution in [0.25, 0.3) is 0 Å². The summed E-state index contributed by atoms with van der Waals surface area (Å²) < 4.78 is 0. The molecular weight excluding hydrogens is 240 g/mol. The van der Waals surface area contributed by atoms with Crippen molar-refractivity contribution in [3.05, 3.63) is 17.6 Å². The quantitative estimate of drug-likeness (QED) is 0.790. The van der Waals surface area contributed by atoms with Crippen LogP contribution in [0.2, 0.25) is 0 Å². The van der Waals surface area contributed by atoms with Gasteiger partial charge in [0.05, 0.1) is 0 Å². The van der Waals surface area contributed by atoms with Crippen LogP contribution in [0.5, 0.6) is 0 Å². The number of nitrogens with one attached hydrogen (secondary N) is 2. The molecule has 0 saturated carbocycles. The van der Waals surface area contributed by atoms with E-state index in [1.807, 2.05) is 0 Å². The minimum atomic E-state index is -0.143. The maximum absolute atomic E-state index is 11.8. The van der Waals surface area contributed by atoms with E-state index in [0.717, 1.165) is 43.7 Å². The first-order valence-electron chi connectivity index (χ1n) is 7.21. The summed E-state index contributed by atoms with van der Waals surface area (Å²) in [6.07, 6.45) is 9.21. The van der Waals surface area contributed by atoms with Crippen LogP contribution in [0.3, 0.4) is 0 Å². The van der Waals surface area contributed by atoms with Crippen molar-refractivity contribution in [3.63, 3.8) is 0 Å². The minimum absolute atomic E-state index is 0.0900. The van der Waals surface area contributed by atoms with Gasteiger partial charge in [0.1, 0.15) is 18.2 Å². The second-order valence-corrected chi connectivity index (χ2v) is 5.34. The monoisotopic (exact) mass is 260 g/mol. The summed E-state index contributed by atoms with van der Waals surface area (Å²) in [7, 11) is 0. The third kappa shape index (κ3) is 2.69. The lowest BCUT2D eigenvalue weighted by Gasteiger charge is -2.24. The number of hydrogen-bond acceptors (Lipinski definition) is 4. The summed E-state index contributed by atoms with van der Waals surface area (Å²) in [5, 5.41) is 6.22. The Balaban J connectivity index is 1.82. The van der Waals surface area contributed by atoms with Gasteiger partial charge in [-0.1, -0.05) is 6.42 Å². The van der Waals surface area contributed by atoms with E-state index in [1.54, 1.807) is 6.33 Å². The molecule has 1 fully saturated rings. The average molecular weight is 260 g/mol. The summed E-state index contributed by atoms with van der Waals surface area (Å²) in [5.41, 5.74) is 2.38. The molecule has 1 unspecified atom stereocenters. The molecule has 5 nitrogen and oxygen atoms in total. The molecule has 0 bridgehead atoms. The number of carbonyl (C=O) groups is 1. The van der Waals surface area contributed by atoms with Crippen molar-refractivity contribution >= 4 is 11.7 Å². The number of carbonyl (C=O) groups excluding carboxylic acids is 1. The van der Waals surface area contributed by atoms with E-state index in [2.05, 4.69) is 20.6 Å². The highest BCUT2D eigenvalue weighted by Crippen LogP contribution is 2.25. The Hall–Kier alpha value is -1.65. The molecule has 19 heavy (non-hydrogen) atoms. The second kappa shape index (κ2) is 5.55. The largest absolute Gasteiger partial charge is 0.358 e. The fraction of sp³-hybridized carbons (Fsp3) is 0.643. The molecule has 0 radical (unpaired) electrons. The van der Waals surface area contributed by atoms with Gasteiger partial charge in [-0.25, -0.2) is 9.97 Å². The van der Waals surface area contributed by atoms with Crippen LogP contribution in [-0.2, 0) is 17.6 Å². The van der Waals surface area contributed by atoms with Crippen molar-refractivity contribution in [3.8, 4) is 0 Å². The summed E-state index contributed by atoms with van der Waals surface area (Å²) >= 11 is 0. The molecule has 1 aliphatic carbocycles. The minimum Gasteiger partial charge on any atom is -0.358 e. The maximum atomic E-state index is 11.8. The Bertz CT molecular complexity index is 475. The van der Waals surface area contributed by atoms with Gasteiger partial charge in [0.15, 0.2) is 0 Å². The first-order chi connectivity index (χ1) is 9.34. The normalized spacial score (nSPS) is 23.2. The topological polar surface area (TPSA) is 66.9 Å². The fourth-order valence-electron chi connectivity index (χ4n) is 2.90. The van der Waals surface area contributed by atoms with Gasteiger partial charge in [0.2, 0.25) is 5.91 Å². The molecule has 102 valence electrons. The molecule has 1 aromatic rings. The van der Waals surface area contributed by atoms with E-state index >= 15 is 0 Å². The standard InChI is InChI=1S/C14H20N4O/c19-14-12(7-4-8-15-14)18-13-10-5-2-1-3-6-11(10)16-9-17-13/h9,12H,1-8H2,(H,15,19)(H,16,17,18). The molecular formula is C14H20N4O. The number of fused-ring (bicyclic) bond motifs is 1. The molecule has 1 saturated heterocycles. The number of aromatic nitrogens is 2. The van der Waals surface area contributed by atoms with Gasteiger partial charge in [0.25, 0.3) is 0 Å². The predicted molar refractivity (Wildman–Crippen MR) is 72.9 cm³/mol. The van der Waals surface area contributed by atoms with E-state index in [4.69, 9.17) is 0 Å². The molecule has 1 amide bonds. The second-order valence-electron chi connectivity index (χ2n) is 5.34. The molecule has 0 aromatic carbocycles. The molecule has 1 aromatic heterocycles. The molecule has 1 aliphatic heterocycles. The molecule has 0 spiro atoms. The van der Waals surface area contributed by atoms with E-state index < -0.39 is 0 Å². The Morgan fingerprint density at radius 1 is 1.16 bits per heavy atom. The Morgan fingerprint density at radius 3 is 2.95 bits per heavy atom. The molecule has 2 heterocycles. The van der Waals surface area contributed by atoms with Gasteiger partial charge < -0.3 is 10.6 Å². The number of aryl methyl sites for hydroxylation is 1.